The monoisotopic (exact) mass is 456 g/mol. The number of nitrogens with one attached hydrogen (secondary N) is 2. The zero-order valence-corrected chi connectivity index (χ0v) is 18.7. The molecule has 0 aliphatic rings. The van der Waals surface area contributed by atoms with Gasteiger partial charge in [-0.25, -0.2) is 8.42 Å². The number of amides is 1. The number of methoxy groups -OCH3 is 2. The maximum atomic E-state index is 13.0. The first-order valence-corrected chi connectivity index (χ1v) is 11.2. The van der Waals surface area contributed by atoms with Crippen LogP contribution in [0.1, 0.15) is 17.3 Å². The summed E-state index contributed by atoms with van der Waals surface area (Å²) in [6, 6.07) is 17.5. The summed E-state index contributed by atoms with van der Waals surface area (Å²) >= 11 is 0. The van der Waals surface area contributed by atoms with Gasteiger partial charge in [0.25, 0.3) is 15.9 Å². The Morgan fingerprint density at radius 2 is 1.47 bits per heavy atom. The molecule has 9 heteroatoms. The first-order valence-electron chi connectivity index (χ1n) is 9.75. The van der Waals surface area contributed by atoms with Gasteiger partial charge in [-0.1, -0.05) is 0 Å². The summed E-state index contributed by atoms with van der Waals surface area (Å²) in [6.07, 6.45) is 0. The highest BCUT2D eigenvalue weighted by Gasteiger charge is 2.21. The summed E-state index contributed by atoms with van der Waals surface area (Å²) < 4.78 is 44.2. The van der Waals surface area contributed by atoms with E-state index >= 15 is 0 Å². The predicted molar refractivity (Wildman–Crippen MR) is 122 cm³/mol. The topological polar surface area (TPSA) is 103 Å². The van der Waals surface area contributed by atoms with E-state index in [0.29, 0.717) is 35.0 Å². The Kier molecular flexibility index (Phi) is 7.21. The highest BCUT2D eigenvalue weighted by molar-refractivity contribution is 7.92. The lowest BCUT2D eigenvalue weighted by Gasteiger charge is -2.14. The van der Waals surface area contributed by atoms with Crippen molar-refractivity contribution >= 4 is 27.3 Å². The highest BCUT2D eigenvalue weighted by atomic mass is 32.2. The number of carbonyl (C=O) groups excluding carboxylic acids is 1. The van der Waals surface area contributed by atoms with Crippen LogP contribution in [0.4, 0.5) is 11.4 Å². The van der Waals surface area contributed by atoms with Gasteiger partial charge in [-0.05, 0) is 73.7 Å². The van der Waals surface area contributed by atoms with Gasteiger partial charge < -0.3 is 19.5 Å². The van der Waals surface area contributed by atoms with E-state index in [2.05, 4.69) is 10.0 Å². The molecule has 168 valence electrons. The van der Waals surface area contributed by atoms with E-state index in [1.807, 2.05) is 6.92 Å². The normalized spacial score (nSPS) is 10.8. The Morgan fingerprint density at radius 1 is 0.844 bits per heavy atom. The Balaban J connectivity index is 1.83. The van der Waals surface area contributed by atoms with E-state index < -0.39 is 10.0 Å². The molecule has 0 aliphatic carbocycles. The molecular formula is C23H24N2O6S. The molecule has 2 N–H and O–H groups in total. The Hall–Kier alpha value is -3.72. The van der Waals surface area contributed by atoms with Crippen molar-refractivity contribution in [3.63, 3.8) is 0 Å². The van der Waals surface area contributed by atoms with Crippen molar-refractivity contribution in [3.8, 4) is 17.2 Å². The fourth-order valence-corrected chi connectivity index (χ4v) is 4.16. The quantitative estimate of drug-likeness (QED) is 0.501. The fourth-order valence-electron chi connectivity index (χ4n) is 2.91. The lowest BCUT2D eigenvalue weighted by molar-refractivity contribution is 0.102. The van der Waals surface area contributed by atoms with Crippen molar-refractivity contribution in [1.29, 1.82) is 0 Å². The molecule has 0 bridgehead atoms. The summed E-state index contributed by atoms with van der Waals surface area (Å²) in [7, 11) is -1.08. The minimum absolute atomic E-state index is 0.110. The van der Waals surface area contributed by atoms with Crippen molar-refractivity contribution in [1.82, 2.24) is 0 Å². The van der Waals surface area contributed by atoms with E-state index in [0.717, 1.165) is 0 Å². The maximum Gasteiger partial charge on any atom is 0.265 e. The van der Waals surface area contributed by atoms with Gasteiger partial charge in [0.2, 0.25) is 0 Å². The molecule has 0 aromatic heterocycles. The number of ether oxygens (including phenoxy) is 3. The molecule has 0 fully saturated rings. The van der Waals surface area contributed by atoms with Crippen LogP contribution in [-0.2, 0) is 10.0 Å². The minimum atomic E-state index is -4.00. The lowest BCUT2D eigenvalue weighted by atomic mass is 10.2. The van der Waals surface area contributed by atoms with Crippen LogP contribution >= 0.6 is 0 Å². The number of hydrogen-bond donors (Lipinski definition) is 2. The SMILES string of the molecule is CCOc1ccc(NS(=O)(=O)c2cc(NC(=O)c3ccc(OC)cc3)ccc2OC)cc1. The molecule has 0 heterocycles. The molecule has 0 radical (unpaired) electrons. The predicted octanol–water partition coefficient (Wildman–Crippen LogP) is 4.16. The van der Waals surface area contributed by atoms with Crippen molar-refractivity contribution in [2.45, 2.75) is 11.8 Å². The van der Waals surface area contributed by atoms with Crippen LogP contribution in [-0.4, -0.2) is 35.2 Å². The van der Waals surface area contributed by atoms with Crippen molar-refractivity contribution in [2.24, 2.45) is 0 Å². The van der Waals surface area contributed by atoms with Crippen LogP contribution in [0.25, 0.3) is 0 Å². The number of carbonyl (C=O) groups is 1. The molecule has 3 aromatic rings. The number of rotatable bonds is 9. The van der Waals surface area contributed by atoms with Gasteiger partial charge in [0.15, 0.2) is 0 Å². The van der Waals surface area contributed by atoms with E-state index in [1.54, 1.807) is 54.6 Å². The van der Waals surface area contributed by atoms with Crippen LogP contribution < -0.4 is 24.2 Å². The van der Waals surface area contributed by atoms with E-state index in [-0.39, 0.29) is 16.6 Å². The van der Waals surface area contributed by atoms with Gasteiger partial charge >= 0.3 is 0 Å². The summed E-state index contributed by atoms with van der Waals surface area (Å²) in [5.41, 5.74) is 1.07. The van der Waals surface area contributed by atoms with Crippen molar-refractivity contribution in [3.05, 3.63) is 72.3 Å². The number of anilines is 2. The minimum Gasteiger partial charge on any atom is -0.497 e. The smallest absolute Gasteiger partial charge is 0.265 e. The summed E-state index contributed by atoms with van der Waals surface area (Å²) in [5, 5.41) is 2.70. The average Bonchev–Trinajstić information content (AvgIpc) is 2.80. The van der Waals surface area contributed by atoms with Gasteiger partial charge in [0.1, 0.15) is 22.1 Å². The molecule has 0 saturated heterocycles. The standard InChI is InChI=1S/C23H24N2O6S/c1-4-31-20-12-7-17(8-13-20)25-32(27,28)22-15-18(9-14-21(22)30-3)24-23(26)16-5-10-19(29-2)11-6-16/h5-15,25H,4H2,1-3H3,(H,24,26). The first-order chi connectivity index (χ1) is 15.4. The molecule has 0 aliphatic heterocycles. The maximum absolute atomic E-state index is 13.0. The van der Waals surface area contributed by atoms with Crippen molar-refractivity contribution in [2.75, 3.05) is 30.9 Å². The van der Waals surface area contributed by atoms with Gasteiger partial charge in [0, 0.05) is 16.9 Å². The Bertz CT molecular complexity index is 1180. The second-order valence-corrected chi connectivity index (χ2v) is 8.26. The third-order valence-corrected chi connectivity index (χ3v) is 5.88. The molecule has 0 atom stereocenters. The summed E-state index contributed by atoms with van der Waals surface area (Å²) in [4.78, 5) is 12.4. The second-order valence-electron chi connectivity index (χ2n) is 6.61. The third-order valence-electron chi connectivity index (χ3n) is 4.48. The molecule has 0 unspecified atom stereocenters. The summed E-state index contributed by atoms with van der Waals surface area (Å²) in [6.45, 7) is 2.38. The zero-order valence-electron chi connectivity index (χ0n) is 17.9. The fraction of sp³-hybridized carbons (Fsp3) is 0.174. The van der Waals surface area contributed by atoms with Crippen LogP contribution in [0, 0.1) is 0 Å². The molecule has 3 rings (SSSR count). The molecule has 3 aromatic carbocycles. The largest absolute Gasteiger partial charge is 0.497 e. The third kappa shape index (κ3) is 5.50. The van der Waals surface area contributed by atoms with E-state index in [4.69, 9.17) is 14.2 Å². The number of benzene rings is 3. The summed E-state index contributed by atoms with van der Waals surface area (Å²) in [5.74, 6) is 1.02. The molecule has 8 nitrogen and oxygen atoms in total. The first kappa shape index (κ1) is 23.0. The molecule has 0 saturated carbocycles. The van der Waals surface area contributed by atoms with Gasteiger partial charge in [-0.2, -0.15) is 0 Å². The Labute approximate surface area is 187 Å². The van der Waals surface area contributed by atoms with Crippen molar-refractivity contribution < 1.29 is 27.4 Å². The Morgan fingerprint density at radius 3 is 2.06 bits per heavy atom. The van der Waals surface area contributed by atoms with Gasteiger partial charge in [0.05, 0.1) is 20.8 Å². The molecule has 0 spiro atoms. The average molecular weight is 457 g/mol. The molecule has 32 heavy (non-hydrogen) atoms. The van der Waals surface area contributed by atoms with E-state index in [9.17, 15) is 13.2 Å². The van der Waals surface area contributed by atoms with Crippen LogP contribution in [0.5, 0.6) is 17.2 Å². The highest BCUT2D eigenvalue weighted by Crippen LogP contribution is 2.29. The molecule has 1 amide bonds. The second kappa shape index (κ2) is 10.1. The van der Waals surface area contributed by atoms with Crippen LogP contribution in [0.2, 0.25) is 0 Å². The number of hydrogen-bond acceptors (Lipinski definition) is 6. The zero-order chi connectivity index (χ0) is 23.1. The van der Waals surface area contributed by atoms with Crippen LogP contribution in [0.15, 0.2) is 71.6 Å². The number of sulfonamides is 1. The molecular weight excluding hydrogens is 432 g/mol. The van der Waals surface area contributed by atoms with Gasteiger partial charge in [-0.3, -0.25) is 9.52 Å². The van der Waals surface area contributed by atoms with Gasteiger partial charge in [-0.15, -0.1) is 0 Å². The lowest BCUT2D eigenvalue weighted by Crippen LogP contribution is -2.16. The van der Waals surface area contributed by atoms with E-state index in [1.165, 1.54) is 26.4 Å². The van der Waals surface area contributed by atoms with Crippen LogP contribution in [0.3, 0.4) is 0 Å².